The SMILES string of the molecule is CCCCCC/C=C\C/C=C\CCCCCCCC(=O)OCC(COC(=O)CCCCCCCCCCCCCCCCCCCCC/C=C\CCCCCCCCCC)OC(=O)CCCCCCC/C=C\C/C=C\CCCCCC. The van der Waals surface area contributed by atoms with Gasteiger partial charge in [0.25, 0.3) is 0 Å². The summed E-state index contributed by atoms with van der Waals surface area (Å²) in [5, 5.41) is 0. The summed E-state index contributed by atoms with van der Waals surface area (Å²) in [6, 6.07) is 0. The maximum absolute atomic E-state index is 12.9. The second-order valence-electron chi connectivity index (χ2n) is 24.1. The topological polar surface area (TPSA) is 78.9 Å². The van der Waals surface area contributed by atoms with Gasteiger partial charge in [-0.05, 0) is 109 Å². The maximum atomic E-state index is 12.9. The number of hydrogen-bond acceptors (Lipinski definition) is 6. The van der Waals surface area contributed by atoms with Crippen LogP contribution in [0.2, 0.25) is 0 Å². The van der Waals surface area contributed by atoms with Crippen molar-refractivity contribution in [3.8, 4) is 0 Å². The van der Waals surface area contributed by atoms with Gasteiger partial charge in [0, 0.05) is 19.3 Å². The van der Waals surface area contributed by atoms with Crippen LogP contribution in [0.3, 0.4) is 0 Å². The van der Waals surface area contributed by atoms with Crippen molar-refractivity contribution in [3.63, 3.8) is 0 Å². The lowest BCUT2D eigenvalue weighted by atomic mass is 10.0. The number of hydrogen-bond donors (Lipinski definition) is 0. The van der Waals surface area contributed by atoms with Crippen molar-refractivity contribution in [2.24, 2.45) is 0 Å². The molecule has 0 heterocycles. The normalized spacial score (nSPS) is 12.4. The van der Waals surface area contributed by atoms with Crippen molar-refractivity contribution in [3.05, 3.63) is 60.8 Å². The highest BCUT2D eigenvalue weighted by Crippen LogP contribution is 2.18. The Balaban J connectivity index is 4.20. The number of unbranched alkanes of at least 4 members (excludes halogenated alkanes) is 45. The van der Waals surface area contributed by atoms with Crippen LogP contribution < -0.4 is 0 Å². The molecule has 0 aromatic carbocycles. The average molecular weight is 1130 g/mol. The molecule has 6 heteroatoms. The molecule has 1 atom stereocenters. The minimum Gasteiger partial charge on any atom is -0.462 e. The summed E-state index contributed by atoms with van der Waals surface area (Å²) in [7, 11) is 0. The highest BCUT2D eigenvalue weighted by atomic mass is 16.6. The fraction of sp³-hybridized carbons (Fsp3) is 0.827. The van der Waals surface area contributed by atoms with Gasteiger partial charge in [-0.2, -0.15) is 0 Å². The van der Waals surface area contributed by atoms with Gasteiger partial charge in [-0.25, -0.2) is 0 Å². The van der Waals surface area contributed by atoms with E-state index < -0.39 is 6.10 Å². The van der Waals surface area contributed by atoms with Gasteiger partial charge in [0.1, 0.15) is 13.2 Å². The summed E-state index contributed by atoms with van der Waals surface area (Å²) in [4.78, 5) is 38.4. The second-order valence-corrected chi connectivity index (χ2v) is 24.1. The molecule has 1 unspecified atom stereocenters. The van der Waals surface area contributed by atoms with E-state index in [1.807, 2.05) is 0 Å². The molecule has 81 heavy (non-hydrogen) atoms. The molecule has 0 radical (unpaired) electrons. The predicted molar refractivity (Wildman–Crippen MR) is 353 cm³/mol. The maximum Gasteiger partial charge on any atom is 0.306 e. The van der Waals surface area contributed by atoms with Crippen molar-refractivity contribution in [1.29, 1.82) is 0 Å². The molecule has 0 aromatic heterocycles. The Bertz CT molecular complexity index is 1440. The summed E-state index contributed by atoms with van der Waals surface area (Å²) in [5.41, 5.74) is 0. The van der Waals surface area contributed by atoms with Crippen LogP contribution in [0.25, 0.3) is 0 Å². The third-order valence-electron chi connectivity index (χ3n) is 16.0. The van der Waals surface area contributed by atoms with E-state index in [0.29, 0.717) is 19.3 Å². The minimum atomic E-state index is -0.788. The smallest absolute Gasteiger partial charge is 0.306 e. The van der Waals surface area contributed by atoms with Crippen molar-refractivity contribution >= 4 is 17.9 Å². The highest BCUT2D eigenvalue weighted by Gasteiger charge is 2.19. The van der Waals surface area contributed by atoms with E-state index in [9.17, 15) is 14.4 Å². The first-order valence-electron chi connectivity index (χ1n) is 35.8. The van der Waals surface area contributed by atoms with Gasteiger partial charge in [-0.15, -0.1) is 0 Å². The molecule has 0 saturated carbocycles. The average Bonchev–Trinajstić information content (AvgIpc) is 3.47. The molecule has 0 aromatic rings. The fourth-order valence-corrected chi connectivity index (χ4v) is 10.6. The first kappa shape index (κ1) is 78.1. The number of esters is 3. The molecule has 0 bridgehead atoms. The molecule has 472 valence electrons. The molecular formula is C75H136O6. The van der Waals surface area contributed by atoms with Gasteiger partial charge in [-0.3, -0.25) is 14.4 Å². The first-order chi connectivity index (χ1) is 40.0. The van der Waals surface area contributed by atoms with Gasteiger partial charge >= 0.3 is 17.9 Å². The Hall–Kier alpha value is -2.89. The zero-order valence-electron chi connectivity index (χ0n) is 54.3. The van der Waals surface area contributed by atoms with Crippen LogP contribution in [0.4, 0.5) is 0 Å². The number of allylic oxidation sites excluding steroid dienone is 10. The Labute approximate surface area is 504 Å². The van der Waals surface area contributed by atoms with Crippen LogP contribution in [-0.2, 0) is 28.6 Å². The van der Waals surface area contributed by atoms with Crippen molar-refractivity contribution in [2.75, 3.05) is 13.2 Å². The van der Waals surface area contributed by atoms with E-state index in [4.69, 9.17) is 14.2 Å². The lowest BCUT2D eigenvalue weighted by molar-refractivity contribution is -0.167. The van der Waals surface area contributed by atoms with Crippen LogP contribution in [0.1, 0.15) is 380 Å². The zero-order chi connectivity index (χ0) is 58.5. The van der Waals surface area contributed by atoms with Crippen LogP contribution in [0, 0.1) is 0 Å². The van der Waals surface area contributed by atoms with Crippen molar-refractivity contribution in [2.45, 2.75) is 386 Å². The van der Waals surface area contributed by atoms with E-state index in [2.05, 4.69) is 81.5 Å². The Kier molecular flexibility index (Phi) is 67.1. The lowest BCUT2D eigenvalue weighted by Gasteiger charge is -2.18. The molecule has 0 aliphatic rings. The monoisotopic (exact) mass is 1130 g/mol. The largest absolute Gasteiger partial charge is 0.462 e. The van der Waals surface area contributed by atoms with Gasteiger partial charge in [0.05, 0.1) is 0 Å². The number of ether oxygens (including phenoxy) is 3. The summed E-state index contributed by atoms with van der Waals surface area (Å²) in [6.45, 7) is 6.64. The molecule has 0 aliphatic carbocycles. The molecule has 6 nitrogen and oxygen atoms in total. The third kappa shape index (κ3) is 67.8. The van der Waals surface area contributed by atoms with E-state index in [1.165, 1.54) is 238 Å². The van der Waals surface area contributed by atoms with E-state index >= 15 is 0 Å². The summed E-state index contributed by atoms with van der Waals surface area (Å²) in [6.07, 6.45) is 89.7. The van der Waals surface area contributed by atoms with Crippen molar-refractivity contribution < 1.29 is 28.6 Å². The highest BCUT2D eigenvalue weighted by molar-refractivity contribution is 5.71. The van der Waals surface area contributed by atoms with Crippen LogP contribution in [0.5, 0.6) is 0 Å². The Morgan fingerprint density at radius 2 is 0.444 bits per heavy atom. The summed E-state index contributed by atoms with van der Waals surface area (Å²) < 4.78 is 17.0. The fourth-order valence-electron chi connectivity index (χ4n) is 10.6. The molecule has 0 amide bonds. The number of rotatable bonds is 66. The molecule has 0 saturated heterocycles. The van der Waals surface area contributed by atoms with Crippen molar-refractivity contribution in [1.82, 2.24) is 0 Å². The van der Waals surface area contributed by atoms with Gasteiger partial charge < -0.3 is 14.2 Å². The van der Waals surface area contributed by atoms with E-state index in [-0.39, 0.29) is 31.1 Å². The molecule has 0 fully saturated rings. The minimum absolute atomic E-state index is 0.0814. The molecule has 0 spiro atoms. The van der Waals surface area contributed by atoms with Gasteiger partial charge in [-0.1, -0.05) is 313 Å². The van der Waals surface area contributed by atoms with Crippen LogP contribution in [-0.4, -0.2) is 37.2 Å². The second kappa shape index (κ2) is 69.6. The van der Waals surface area contributed by atoms with Crippen LogP contribution >= 0.6 is 0 Å². The van der Waals surface area contributed by atoms with E-state index in [1.54, 1.807) is 0 Å². The number of carbonyl (C=O) groups is 3. The zero-order valence-corrected chi connectivity index (χ0v) is 54.3. The Morgan fingerprint density at radius 3 is 0.704 bits per heavy atom. The van der Waals surface area contributed by atoms with Gasteiger partial charge in [0.15, 0.2) is 6.10 Å². The third-order valence-corrected chi connectivity index (χ3v) is 16.0. The summed E-state index contributed by atoms with van der Waals surface area (Å²) in [5.74, 6) is -0.888. The molecule has 0 aliphatic heterocycles. The standard InChI is InChI=1S/C75H136O6/c1-4-7-10-13-16-19-22-25-28-31-32-33-34-35-36-37-38-39-40-41-42-43-44-45-48-50-53-56-59-62-65-68-74(77)80-71-72(81-75(78)69-66-63-60-57-54-51-47-30-27-24-21-18-15-12-9-6-3)70-79-73(76)67-64-61-58-55-52-49-46-29-26-23-20-17-14-11-8-5-2/h20-21,23-24,29-32,46-47,72H,4-19,22,25-28,33-45,48-71H2,1-3H3/b23-20-,24-21-,32-31-,46-29-,47-30-. The first-order valence-corrected chi connectivity index (χ1v) is 35.8. The molecule has 0 N–H and O–H groups in total. The van der Waals surface area contributed by atoms with Crippen LogP contribution in [0.15, 0.2) is 60.8 Å². The molecule has 0 rings (SSSR count). The van der Waals surface area contributed by atoms with Gasteiger partial charge in [0.2, 0.25) is 0 Å². The van der Waals surface area contributed by atoms with E-state index in [0.717, 1.165) is 103 Å². The predicted octanol–water partition coefficient (Wildman–Crippen LogP) is 24.7. The quantitative estimate of drug-likeness (QED) is 0.0261. The molecular weight excluding hydrogens is 997 g/mol. The number of carbonyl (C=O) groups excluding carboxylic acids is 3. The summed E-state index contributed by atoms with van der Waals surface area (Å²) >= 11 is 0. The lowest BCUT2D eigenvalue weighted by Crippen LogP contribution is -2.30. The Morgan fingerprint density at radius 1 is 0.247 bits per heavy atom.